The van der Waals surface area contributed by atoms with E-state index in [-0.39, 0.29) is 5.75 Å². The first kappa shape index (κ1) is 45.2. The van der Waals surface area contributed by atoms with Crippen LogP contribution in [0, 0.1) is 30.3 Å². The van der Waals surface area contributed by atoms with Crippen molar-refractivity contribution >= 4 is 47.1 Å². The highest BCUT2D eigenvalue weighted by atomic mass is 32.2. The van der Waals surface area contributed by atoms with Gasteiger partial charge in [-0.15, -0.1) is 0 Å². The highest BCUT2D eigenvalue weighted by molar-refractivity contribution is 7.90. The van der Waals surface area contributed by atoms with Crippen molar-refractivity contribution in [3.63, 3.8) is 0 Å². The maximum absolute atomic E-state index is 14.4. The van der Waals surface area contributed by atoms with E-state index >= 15 is 0 Å². The zero-order valence-electron chi connectivity index (χ0n) is 29.9. The van der Waals surface area contributed by atoms with Crippen LogP contribution in [0.15, 0.2) is 118 Å². The van der Waals surface area contributed by atoms with Crippen LogP contribution in [0.25, 0.3) is 0 Å². The Kier molecular flexibility index (Phi) is 15.0. The normalized spacial score (nSPS) is 13.8. The van der Waals surface area contributed by atoms with Crippen molar-refractivity contribution in [3.05, 3.63) is 133 Å². The quantitative estimate of drug-likeness (QED) is 0.0638. The number of nitrogens with zero attached hydrogens (tertiary/aromatic N) is 5. The fourth-order valence-electron chi connectivity index (χ4n) is 5.40. The highest BCUT2D eigenvalue weighted by Crippen LogP contribution is 2.27. The molecule has 0 saturated carbocycles. The minimum Gasteiger partial charge on any atom is -0.492 e. The number of hydrogen-bond donors (Lipinski definition) is 4. The van der Waals surface area contributed by atoms with E-state index in [4.69, 9.17) is 4.74 Å². The predicted octanol–water partition coefficient (Wildman–Crippen LogP) is 1.23. The highest BCUT2D eigenvalue weighted by Gasteiger charge is 2.40. The van der Waals surface area contributed by atoms with E-state index in [0.717, 1.165) is 72.8 Å². The summed E-state index contributed by atoms with van der Waals surface area (Å²) >= 11 is 0. The molecule has 0 aliphatic carbocycles. The number of para-hydroxylation sites is 1. The third-order valence-corrected chi connectivity index (χ3v) is 13.8. The molecular weight excluding hydrogens is 833 g/mol. The second kappa shape index (κ2) is 19.3. The Balaban J connectivity index is 1.82. The molecule has 0 saturated heterocycles. The van der Waals surface area contributed by atoms with Gasteiger partial charge in [-0.25, -0.2) is 30.0 Å². The zero-order chi connectivity index (χ0) is 42.8. The van der Waals surface area contributed by atoms with Gasteiger partial charge in [0.2, 0.25) is 30.1 Å². The van der Waals surface area contributed by atoms with Crippen molar-refractivity contribution in [2.45, 2.75) is 32.8 Å². The van der Waals surface area contributed by atoms with Gasteiger partial charge in [-0.1, -0.05) is 18.2 Å². The number of non-ortho nitro benzene ring substituents is 3. The van der Waals surface area contributed by atoms with Crippen molar-refractivity contribution in [2.24, 2.45) is 0 Å². The zero-order valence-corrected chi connectivity index (χ0v) is 32.3. The van der Waals surface area contributed by atoms with E-state index in [9.17, 15) is 70.9 Å². The number of aliphatic hydroxyl groups excluding tert-OH is 3. The van der Waals surface area contributed by atoms with Crippen LogP contribution in [0.5, 0.6) is 5.75 Å². The number of nitro groups is 3. The Hall–Kier alpha value is -5.51. The number of sulfonamides is 3. The Morgan fingerprint density at radius 3 is 1.33 bits per heavy atom. The van der Waals surface area contributed by atoms with Gasteiger partial charge in [0.1, 0.15) is 12.4 Å². The molecule has 25 heteroatoms. The number of rotatable bonds is 22. The van der Waals surface area contributed by atoms with Crippen LogP contribution < -0.4 is 9.46 Å². The molecule has 3 atom stereocenters. The molecule has 22 nitrogen and oxygen atoms in total. The standard InChI is InChI=1S/C33H36N6O16S3/c40-20-24(34-56(49,50)31-12-6-25(7-13-31)37(43)44)18-35(57(51,52)32-14-8-26(9-15-32)38(45)46)28(21-41)19-36(29(22-42)23-55-30-4-2-1-3-5-30)58(53,54)33-16-10-27(11-17-33)39(47)48/h1-17,24,28-29,34,40-42H,18-23H2/t24-,28-,29+/m0/s1. The number of nitro benzene ring substituents is 3. The van der Waals surface area contributed by atoms with Crippen molar-refractivity contribution < 1.29 is 60.1 Å². The van der Waals surface area contributed by atoms with Crippen molar-refractivity contribution in [3.8, 4) is 5.75 Å². The molecule has 58 heavy (non-hydrogen) atoms. The van der Waals surface area contributed by atoms with Gasteiger partial charge in [-0.3, -0.25) is 30.3 Å². The second-order valence-corrected chi connectivity index (χ2v) is 17.7. The van der Waals surface area contributed by atoms with Gasteiger partial charge in [0.15, 0.2) is 0 Å². The molecule has 0 fully saturated rings. The Morgan fingerprint density at radius 1 is 0.552 bits per heavy atom. The largest absolute Gasteiger partial charge is 0.492 e. The molecule has 0 unspecified atom stereocenters. The topological polar surface area (TPSA) is 320 Å². The molecule has 0 bridgehead atoms. The summed E-state index contributed by atoms with van der Waals surface area (Å²) in [5.41, 5.74) is -1.44. The van der Waals surface area contributed by atoms with Gasteiger partial charge in [-0.2, -0.15) is 8.61 Å². The van der Waals surface area contributed by atoms with Crippen LogP contribution in [0.1, 0.15) is 0 Å². The van der Waals surface area contributed by atoms with Crippen LogP contribution in [0.2, 0.25) is 0 Å². The van der Waals surface area contributed by atoms with E-state index in [2.05, 4.69) is 4.72 Å². The molecule has 0 radical (unpaired) electrons. The van der Waals surface area contributed by atoms with Crippen LogP contribution in [-0.2, 0) is 30.1 Å². The fraction of sp³-hybridized carbons (Fsp3) is 0.273. The lowest BCUT2D eigenvalue weighted by Crippen LogP contribution is -2.57. The van der Waals surface area contributed by atoms with Crippen molar-refractivity contribution in [2.75, 3.05) is 39.5 Å². The fourth-order valence-corrected chi connectivity index (χ4v) is 9.92. The number of hydrogen-bond acceptors (Lipinski definition) is 16. The molecule has 0 heterocycles. The molecule has 4 aromatic rings. The monoisotopic (exact) mass is 868 g/mol. The first-order chi connectivity index (χ1) is 27.3. The predicted molar refractivity (Wildman–Crippen MR) is 202 cm³/mol. The summed E-state index contributed by atoms with van der Waals surface area (Å²) in [6, 6.07) is 13.2. The lowest BCUT2D eigenvalue weighted by Gasteiger charge is -2.37. The molecular formula is C33H36N6O16S3. The van der Waals surface area contributed by atoms with Gasteiger partial charge in [-0.05, 0) is 48.5 Å². The van der Waals surface area contributed by atoms with Crippen LogP contribution in [0.4, 0.5) is 17.1 Å². The van der Waals surface area contributed by atoms with Gasteiger partial charge < -0.3 is 20.1 Å². The van der Waals surface area contributed by atoms with E-state index in [1.54, 1.807) is 18.2 Å². The summed E-state index contributed by atoms with van der Waals surface area (Å²) < 4.78 is 92.9. The van der Waals surface area contributed by atoms with E-state index < -0.39 is 134 Å². The molecule has 0 spiro atoms. The molecule has 312 valence electrons. The molecule has 0 amide bonds. The Bertz CT molecular complexity index is 2390. The number of benzene rings is 4. The van der Waals surface area contributed by atoms with Gasteiger partial charge >= 0.3 is 0 Å². The molecule has 4 rings (SSSR count). The van der Waals surface area contributed by atoms with Crippen LogP contribution in [-0.4, -0.2) is 122 Å². The average molecular weight is 869 g/mol. The summed E-state index contributed by atoms with van der Waals surface area (Å²) in [6.07, 6.45) is 0. The first-order valence-electron chi connectivity index (χ1n) is 16.7. The number of aliphatic hydroxyl groups is 3. The van der Waals surface area contributed by atoms with Crippen LogP contribution in [0.3, 0.4) is 0 Å². The maximum Gasteiger partial charge on any atom is 0.269 e. The smallest absolute Gasteiger partial charge is 0.269 e. The number of ether oxygens (including phenoxy) is 1. The van der Waals surface area contributed by atoms with Crippen molar-refractivity contribution in [1.29, 1.82) is 0 Å². The van der Waals surface area contributed by atoms with E-state index in [0.29, 0.717) is 8.61 Å². The van der Waals surface area contributed by atoms with Gasteiger partial charge in [0.25, 0.3) is 17.1 Å². The van der Waals surface area contributed by atoms with Crippen molar-refractivity contribution in [1.82, 2.24) is 13.3 Å². The SMILES string of the molecule is O=[N+]([O-])c1ccc(S(=O)(=O)N[C@H](CO)CN([C@H](CO)CN([C@H](CO)COc2ccccc2)S(=O)(=O)c2ccc([N+](=O)[O-])cc2)S(=O)(=O)c2ccc([N+](=O)[O-])cc2)cc1. The Labute approximate surface area is 331 Å². The van der Waals surface area contributed by atoms with E-state index in [1.165, 1.54) is 12.1 Å². The lowest BCUT2D eigenvalue weighted by molar-refractivity contribution is -0.385. The first-order valence-corrected chi connectivity index (χ1v) is 21.0. The maximum atomic E-state index is 14.4. The second-order valence-electron chi connectivity index (χ2n) is 12.2. The van der Waals surface area contributed by atoms with Gasteiger partial charge in [0.05, 0.1) is 67.4 Å². The minimum atomic E-state index is -5.01. The summed E-state index contributed by atoms with van der Waals surface area (Å²) in [5.74, 6) is 0.237. The average Bonchev–Trinajstić information content (AvgIpc) is 3.21. The third kappa shape index (κ3) is 10.9. The van der Waals surface area contributed by atoms with Crippen LogP contribution >= 0.6 is 0 Å². The summed E-state index contributed by atoms with van der Waals surface area (Å²) in [5, 5.41) is 65.4. The molecule has 0 aromatic heterocycles. The third-order valence-electron chi connectivity index (χ3n) is 8.42. The van der Waals surface area contributed by atoms with Gasteiger partial charge in [0, 0.05) is 49.5 Å². The Morgan fingerprint density at radius 2 is 0.948 bits per heavy atom. The molecule has 4 aromatic carbocycles. The molecule has 0 aliphatic rings. The number of nitrogens with one attached hydrogen (secondary N) is 1. The summed E-state index contributed by atoms with van der Waals surface area (Å²) in [4.78, 5) is 29.6. The summed E-state index contributed by atoms with van der Waals surface area (Å²) in [6.45, 7) is -5.84. The summed E-state index contributed by atoms with van der Waals surface area (Å²) in [7, 11) is -14.5. The molecule has 4 N–H and O–H groups in total. The molecule has 0 aliphatic heterocycles. The van der Waals surface area contributed by atoms with E-state index in [1.807, 2.05) is 0 Å². The minimum absolute atomic E-state index is 0.237. The lowest BCUT2D eigenvalue weighted by atomic mass is 10.2.